The Bertz CT molecular complexity index is 457. The molecule has 17 heavy (non-hydrogen) atoms. The van der Waals surface area contributed by atoms with Gasteiger partial charge in [0.2, 0.25) is 0 Å². The van der Waals surface area contributed by atoms with E-state index in [1.807, 2.05) is 31.2 Å². The van der Waals surface area contributed by atoms with Gasteiger partial charge in [0.1, 0.15) is 18.2 Å². The molecule has 1 atom stereocenters. The van der Waals surface area contributed by atoms with Gasteiger partial charge >= 0.3 is 0 Å². The van der Waals surface area contributed by atoms with Crippen LogP contribution in [0, 0.1) is 0 Å². The molecule has 4 nitrogen and oxygen atoms in total. The highest BCUT2D eigenvalue weighted by molar-refractivity contribution is 5.32. The molecule has 2 aromatic rings. The second-order valence-electron chi connectivity index (χ2n) is 3.58. The lowest BCUT2D eigenvalue weighted by atomic mass is 10.0. The Morgan fingerprint density at radius 3 is 2.35 bits per heavy atom. The predicted octanol–water partition coefficient (Wildman–Crippen LogP) is 1.96. The number of aromatic nitrogens is 2. The quantitative estimate of drug-likeness (QED) is 0.872. The van der Waals surface area contributed by atoms with E-state index in [9.17, 15) is 5.11 Å². The van der Waals surface area contributed by atoms with Gasteiger partial charge < -0.3 is 9.84 Å². The van der Waals surface area contributed by atoms with Gasteiger partial charge in [0.15, 0.2) is 0 Å². The molecule has 0 amide bonds. The SMILES string of the molecule is CCOc1ccc(C(O)c2cncnc2)cc1. The first-order valence-electron chi connectivity index (χ1n) is 5.47. The van der Waals surface area contributed by atoms with E-state index >= 15 is 0 Å². The number of nitrogens with zero attached hydrogens (tertiary/aromatic N) is 2. The fraction of sp³-hybridized carbons (Fsp3) is 0.231. The second-order valence-corrected chi connectivity index (χ2v) is 3.58. The van der Waals surface area contributed by atoms with Crippen LogP contribution in [0.5, 0.6) is 5.75 Å². The summed E-state index contributed by atoms with van der Waals surface area (Å²) in [6, 6.07) is 7.35. The van der Waals surface area contributed by atoms with Gasteiger partial charge in [-0.1, -0.05) is 12.1 Å². The lowest BCUT2D eigenvalue weighted by Crippen LogP contribution is -2.01. The highest BCUT2D eigenvalue weighted by Gasteiger charge is 2.10. The number of benzene rings is 1. The minimum absolute atomic E-state index is 0.633. The molecule has 0 aliphatic heterocycles. The van der Waals surface area contributed by atoms with E-state index in [2.05, 4.69) is 9.97 Å². The Kier molecular flexibility index (Phi) is 3.67. The maximum atomic E-state index is 10.1. The smallest absolute Gasteiger partial charge is 0.119 e. The first-order chi connectivity index (χ1) is 8.31. The molecule has 1 aromatic carbocycles. The summed E-state index contributed by atoms with van der Waals surface area (Å²) in [5.41, 5.74) is 1.47. The van der Waals surface area contributed by atoms with Crippen LogP contribution < -0.4 is 4.74 Å². The molecule has 0 radical (unpaired) electrons. The van der Waals surface area contributed by atoms with Crippen molar-refractivity contribution in [3.63, 3.8) is 0 Å². The minimum atomic E-state index is -0.702. The van der Waals surface area contributed by atoms with E-state index < -0.39 is 6.10 Å². The van der Waals surface area contributed by atoms with E-state index in [1.165, 1.54) is 6.33 Å². The first-order valence-corrected chi connectivity index (χ1v) is 5.47. The molecule has 2 rings (SSSR count). The summed E-state index contributed by atoms with van der Waals surface area (Å²) in [6.07, 6.45) is 3.95. The van der Waals surface area contributed by atoms with Crippen molar-refractivity contribution in [1.82, 2.24) is 9.97 Å². The maximum absolute atomic E-state index is 10.1. The summed E-state index contributed by atoms with van der Waals surface area (Å²) in [7, 11) is 0. The van der Waals surface area contributed by atoms with Crippen LogP contribution in [0.3, 0.4) is 0 Å². The molecule has 1 unspecified atom stereocenters. The number of hydrogen-bond donors (Lipinski definition) is 1. The van der Waals surface area contributed by atoms with Crippen molar-refractivity contribution in [2.45, 2.75) is 13.0 Å². The van der Waals surface area contributed by atoms with Gasteiger partial charge in [0.05, 0.1) is 6.61 Å². The van der Waals surface area contributed by atoms with E-state index in [0.29, 0.717) is 12.2 Å². The lowest BCUT2D eigenvalue weighted by Gasteiger charge is -2.11. The van der Waals surface area contributed by atoms with Gasteiger partial charge in [-0.25, -0.2) is 9.97 Å². The van der Waals surface area contributed by atoms with Crippen LogP contribution in [0.1, 0.15) is 24.2 Å². The summed E-state index contributed by atoms with van der Waals surface area (Å²) in [6.45, 7) is 2.57. The molecule has 4 heteroatoms. The monoisotopic (exact) mass is 230 g/mol. The Morgan fingerprint density at radius 1 is 1.12 bits per heavy atom. The van der Waals surface area contributed by atoms with Crippen LogP contribution in [0.2, 0.25) is 0 Å². The predicted molar refractivity (Wildman–Crippen MR) is 63.7 cm³/mol. The molecule has 0 fully saturated rings. The molecule has 88 valence electrons. The van der Waals surface area contributed by atoms with E-state index in [0.717, 1.165) is 11.3 Å². The normalized spacial score (nSPS) is 12.1. The van der Waals surface area contributed by atoms with Crippen molar-refractivity contribution in [3.05, 3.63) is 54.1 Å². The fourth-order valence-electron chi connectivity index (χ4n) is 1.56. The van der Waals surface area contributed by atoms with Gasteiger partial charge in [-0.05, 0) is 24.6 Å². The molecule has 0 aliphatic carbocycles. The zero-order valence-corrected chi connectivity index (χ0v) is 9.58. The number of aliphatic hydroxyl groups is 1. The van der Waals surface area contributed by atoms with Gasteiger partial charge in [0, 0.05) is 18.0 Å². The van der Waals surface area contributed by atoms with Crippen LogP contribution in [0.15, 0.2) is 43.0 Å². The number of hydrogen-bond acceptors (Lipinski definition) is 4. The minimum Gasteiger partial charge on any atom is -0.494 e. The van der Waals surface area contributed by atoms with Crippen molar-refractivity contribution in [3.8, 4) is 5.75 Å². The summed E-state index contributed by atoms with van der Waals surface area (Å²) in [5, 5.41) is 10.1. The molecule has 0 aliphatic rings. The Balaban J connectivity index is 2.17. The van der Waals surface area contributed by atoms with Crippen LogP contribution in [0.4, 0.5) is 0 Å². The number of aliphatic hydroxyl groups excluding tert-OH is 1. The molecule has 0 spiro atoms. The average Bonchev–Trinajstić information content (AvgIpc) is 2.40. The summed E-state index contributed by atoms with van der Waals surface area (Å²) in [4.78, 5) is 7.76. The molecular formula is C13H14N2O2. The van der Waals surface area contributed by atoms with Gasteiger partial charge in [-0.2, -0.15) is 0 Å². The highest BCUT2D eigenvalue weighted by atomic mass is 16.5. The van der Waals surface area contributed by atoms with Crippen molar-refractivity contribution < 1.29 is 9.84 Å². The van der Waals surface area contributed by atoms with Crippen LogP contribution in [0.25, 0.3) is 0 Å². The molecule has 1 N–H and O–H groups in total. The third-order valence-electron chi connectivity index (χ3n) is 2.40. The average molecular weight is 230 g/mol. The van der Waals surface area contributed by atoms with Gasteiger partial charge in [-0.15, -0.1) is 0 Å². The van der Waals surface area contributed by atoms with Gasteiger partial charge in [0.25, 0.3) is 0 Å². The third-order valence-corrected chi connectivity index (χ3v) is 2.40. The summed E-state index contributed by atoms with van der Waals surface area (Å²) in [5.74, 6) is 0.799. The molecule has 0 bridgehead atoms. The Labute approximate surface area is 99.9 Å². The second kappa shape index (κ2) is 5.41. The van der Waals surface area contributed by atoms with Crippen LogP contribution in [-0.2, 0) is 0 Å². The van der Waals surface area contributed by atoms with E-state index in [1.54, 1.807) is 12.4 Å². The fourth-order valence-corrected chi connectivity index (χ4v) is 1.56. The Morgan fingerprint density at radius 2 is 1.76 bits per heavy atom. The van der Waals surface area contributed by atoms with E-state index in [-0.39, 0.29) is 0 Å². The summed E-state index contributed by atoms with van der Waals surface area (Å²) >= 11 is 0. The zero-order chi connectivity index (χ0) is 12.1. The topological polar surface area (TPSA) is 55.2 Å². The van der Waals surface area contributed by atoms with E-state index in [4.69, 9.17) is 4.74 Å². The van der Waals surface area contributed by atoms with Crippen molar-refractivity contribution >= 4 is 0 Å². The Hall–Kier alpha value is -1.94. The highest BCUT2D eigenvalue weighted by Crippen LogP contribution is 2.22. The van der Waals surface area contributed by atoms with Crippen LogP contribution in [-0.4, -0.2) is 21.7 Å². The molecule has 1 heterocycles. The largest absolute Gasteiger partial charge is 0.494 e. The first kappa shape index (κ1) is 11.5. The van der Waals surface area contributed by atoms with Crippen molar-refractivity contribution in [2.75, 3.05) is 6.61 Å². The van der Waals surface area contributed by atoms with Crippen LogP contribution >= 0.6 is 0 Å². The molecule has 0 saturated heterocycles. The summed E-state index contributed by atoms with van der Waals surface area (Å²) < 4.78 is 5.34. The standard InChI is InChI=1S/C13H14N2O2/c1-2-17-12-5-3-10(4-6-12)13(16)11-7-14-9-15-8-11/h3-9,13,16H,2H2,1H3. The van der Waals surface area contributed by atoms with Crippen molar-refractivity contribution in [2.24, 2.45) is 0 Å². The van der Waals surface area contributed by atoms with Crippen molar-refractivity contribution in [1.29, 1.82) is 0 Å². The molecular weight excluding hydrogens is 216 g/mol. The zero-order valence-electron chi connectivity index (χ0n) is 9.58. The molecule has 1 aromatic heterocycles. The van der Waals surface area contributed by atoms with Gasteiger partial charge in [-0.3, -0.25) is 0 Å². The number of ether oxygens (including phenoxy) is 1. The number of rotatable bonds is 4. The third kappa shape index (κ3) is 2.79. The lowest BCUT2D eigenvalue weighted by molar-refractivity contribution is 0.219. The molecule has 0 saturated carbocycles. The maximum Gasteiger partial charge on any atom is 0.119 e.